The maximum Gasteiger partial charge on any atom is 0.271 e. The van der Waals surface area contributed by atoms with Crippen LogP contribution in [-0.4, -0.2) is 43.8 Å². The third kappa shape index (κ3) is 5.18. The minimum Gasteiger partial charge on any atom is -0.492 e. The molecule has 2 rings (SSSR count). The molecule has 9 nitrogen and oxygen atoms in total. The van der Waals surface area contributed by atoms with Crippen molar-refractivity contribution in [2.24, 2.45) is 0 Å². The minimum atomic E-state index is -4.07. The average Bonchev–Trinajstić information content (AvgIpc) is 2.63. The molecule has 0 saturated heterocycles. The largest absolute Gasteiger partial charge is 0.492 e. The lowest BCUT2D eigenvalue weighted by molar-refractivity contribution is -0.384. The molecule has 0 spiro atoms. The zero-order chi connectivity index (χ0) is 20.9. The summed E-state index contributed by atoms with van der Waals surface area (Å²) in [6.45, 7) is 1.45. The standard InChI is InChI=1S/C17H18ClN3O6S/c1-3-27-15-8-7-12(18)9-16(15)28(25,26)20(2)11-17(22)19-13-5-4-6-14(10-13)21(23)24/h4-10H,3,11H2,1-2H3,(H,19,22). The Kier molecular flexibility index (Phi) is 6.95. The molecule has 0 aliphatic carbocycles. The summed E-state index contributed by atoms with van der Waals surface area (Å²) in [5.74, 6) is -0.538. The highest BCUT2D eigenvalue weighted by molar-refractivity contribution is 7.89. The van der Waals surface area contributed by atoms with E-state index in [1.165, 1.54) is 49.5 Å². The molecule has 0 aliphatic rings. The van der Waals surface area contributed by atoms with Gasteiger partial charge >= 0.3 is 0 Å². The van der Waals surface area contributed by atoms with Gasteiger partial charge in [-0.2, -0.15) is 4.31 Å². The molecule has 0 bridgehead atoms. The number of carbonyl (C=O) groups is 1. The number of non-ortho nitro benzene ring substituents is 1. The Morgan fingerprint density at radius 1 is 1.29 bits per heavy atom. The number of ether oxygens (including phenoxy) is 1. The van der Waals surface area contributed by atoms with Gasteiger partial charge in [0.1, 0.15) is 10.6 Å². The van der Waals surface area contributed by atoms with Gasteiger partial charge in [0.15, 0.2) is 0 Å². The minimum absolute atomic E-state index is 0.123. The molecule has 1 amide bonds. The first kappa shape index (κ1) is 21.6. The van der Waals surface area contributed by atoms with E-state index in [-0.39, 0.29) is 33.6 Å². The molecule has 0 aliphatic heterocycles. The first-order valence-corrected chi connectivity index (χ1v) is 9.90. The highest BCUT2D eigenvalue weighted by Crippen LogP contribution is 2.29. The summed E-state index contributed by atoms with van der Waals surface area (Å²) in [6.07, 6.45) is 0. The van der Waals surface area contributed by atoms with Gasteiger partial charge in [0, 0.05) is 29.9 Å². The van der Waals surface area contributed by atoms with Gasteiger partial charge in [-0.3, -0.25) is 14.9 Å². The van der Waals surface area contributed by atoms with Crippen molar-refractivity contribution in [3.63, 3.8) is 0 Å². The van der Waals surface area contributed by atoms with E-state index < -0.39 is 27.4 Å². The summed E-state index contributed by atoms with van der Waals surface area (Å²) in [7, 11) is -2.83. The van der Waals surface area contributed by atoms with Gasteiger partial charge < -0.3 is 10.1 Å². The number of nitrogens with zero attached hydrogens (tertiary/aromatic N) is 2. The van der Waals surface area contributed by atoms with Crippen molar-refractivity contribution in [1.29, 1.82) is 0 Å². The van der Waals surface area contributed by atoms with Crippen molar-refractivity contribution >= 4 is 38.9 Å². The zero-order valence-corrected chi connectivity index (χ0v) is 16.7. The number of hydrogen-bond acceptors (Lipinski definition) is 6. The number of halogens is 1. The molecule has 0 atom stereocenters. The number of hydrogen-bond donors (Lipinski definition) is 1. The number of nitro benzene ring substituents is 1. The second kappa shape index (κ2) is 9.00. The number of amides is 1. The average molecular weight is 428 g/mol. The molecule has 0 aromatic heterocycles. The number of nitro groups is 1. The summed E-state index contributed by atoms with van der Waals surface area (Å²) >= 11 is 5.91. The van der Waals surface area contributed by atoms with Gasteiger partial charge in [0.2, 0.25) is 15.9 Å². The van der Waals surface area contributed by atoms with Crippen LogP contribution in [0.5, 0.6) is 5.75 Å². The van der Waals surface area contributed by atoms with Gasteiger partial charge in [-0.25, -0.2) is 8.42 Å². The van der Waals surface area contributed by atoms with Crippen LogP contribution in [0.2, 0.25) is 5.02 Å². The maximum atomic E-state index is 12.8. The molecular formula is C17H18ClN3O6S. The maximum absolute atomic E-state index is 12.8. The Hall–Kier alpha value is -2.69. The molecule has 0 unspecified atom stereocenters. The lowest BCUT2D eigenvalue weighted by Crippen LogP contribution is -2.35. The van der Waals surface area contributed by atoms with Crippen LogP contribution >= 0.6 is 11.6 Å². The molecule has 2 aromatic carbocycles. The lowest BCUT2D eigenvalue weighted by Gasteiger charge is -2.19. The molecule has 1 N–H and O–H groups in total. The number of carbonyl (C=O) groups excluding carboxylic acids is 1. The van der Waals surface area contributed by atoms with Gasteiger partial charge in [-0.1, -0.05) is 17.7 Å². The summed E-state index contributed by atoms with van der Waals surface area (Å²) in [5, 5.41) is 13.4. The highest BCUT2D eigenvalue weighted by atomic mass is 35.5. The second-order valence-electron chi connectivity index (χ2n) is 5.64. The highest BCUT2D eigenvalue weighted by Gasteiger charge is 2.27. The fourth-order valence-corrected chi connectivity index (χ4v) is 3.83. The third-order valence-electron chi connectivity index (χ3n) is 3.60. The van der Waals surface area contributed by atoms with E-state index in [0.29, 0.717) is 0 Å². The smallest absolute Gasteiger partial charge is 0.271 e. The molecule has 28 heavy (non-hydrogen) atoms. The summed E-state index contributed by atoms with van der Waals surface area (Å²) in [6, 6.07) is 9.52. The normalized spacial score (nSPS) is 11.3. The Bertz CT molecular complexity index is 996. The molecule has 150 valence electrons. The number of anilines is 1. The molecule has 11 heteroatoms. The third-order valence-corrected chi connectivity index (χ3v) is 5.66. The van der Waals surface area contributed by atoms with E-state index in [1.54, 1.807) is 6.92 Å². The topological polar surface area (TPSA) is 119 Å². The second-order valence-corrected chi connectivity index (χ2v) is 8.09. The first-order valence-electron chi connectivity index (χ1n) is 8.08. The van der Waals surface area contributed by atoms with Crippen molar-refractivity contribution in [2.75, 3.05) is 25.5 Å². The summed E-state index contributed by atoms with van der Waals surface area (Å²) in [4.78, 5) is 22.3. The molecule has 2 aromatic rings. The Morgan fingerprint density at radius 2 is 2.00 bits per heavy atom. The van der Waals surface area contributed by atoms with Gasteiger partial charge in [-0.05, 0) is 31.2 Å². The van der Waals surface area contributed by atoms with Crippen LogP contribution < -0.4 is 10.1 Å². The monoisotopic (exact) mass is 427 g/mol. The predicted octanol–water partition coefficient (Wildman–Crippen LogP) is 2.91. The zero-order valence-electron chi connectivity index (χ0n) is 15.1. The first-order chi connectivity index (χ1) is 13.1. The molecule has 0 saturated carbocycles. The van der Waals surface area contributed by atoms with Crippen molar-refractivity contribution < 1.29 is 22.9 Å². The Morgan fingerprint density at radius 3 is 2.64 bits per heavy atom. The van der Waals surface area contributed by atoms with Gasteiger partial charge in [0.25, 0.3) is 5.69 Å². The van der Waals surface area contributed by atoms with Crippen LogP contribution in [0.15, 0.2) is 47.4 Å². The van der Waals surface area contributed by atoms with Crippen LogP contribution in [0.4, 0.5) is 11.4 Å². The SMILES string of the molecule is CCOc1ccc(Cl)cc1S(=O)(=O)N(C)CC(=O)Nc1cccc([N+](=O)[O-])c1. The number of nitrogens with one attached hydrogen (secondary N) is 1. The molecule has 0 radical (unpaired) electrons. The van der Waals surface area contributed by atoms with Gasteiger partial charge in [-0.15, -0.1) is 0 Å². The Balaban J connectivity index is 2.18. The summed E-state index contributed by atoms with van der Waals surface area (Å²) in [5.41, 5.74) is -0.0122. The Labute approximate surface area is 167 Å². The van der Waals surface area contributed by atoms with Crippen LogP contribution in [-0.2, 0) is 14.8 Å². The fourth-order valence-electron chi connectivity index (χ4n) is 2.31. The quantitative estimate of drug-likeness (QED) is 0.511. The van der Waals surface area contributed by atoms with Crippen molar-refractivity contribution in [1.82, 2.24) is 4.31 Å². The van der Waals surface area contributed by atoms with E-state index in [4.69, 9.17) is 16.3 Å². The molecular weight excluding hydrogens is 410 g/mol. The van der Waals surface area contributed by atoms with Crippen molar-refractivity contribution in [3.05, 3.63) is 57.6 Å². The van der Waals surface area contributed by atoms with E-state index in [1.807, 2.05) is 0 Å². The number of sulfonamides is 1. The van der Waals surface area contributed by atoms with Crippen LogP contribution in [0.1, 0.15) is 6.92 Å². The van der Waals surface area contributed by atoms with Gasteiger partial charge in [0.05, 0.1) is 18.1 Å². The lowest BCUT2D eigenvalue weighted by atomic mass is 10.3. The van der Waals surface area contributed by atoms with E-state index in [9.17, 15) is 23.3 Å². The number of benzene rings is 2. The van der Waals surface area contributed by atoms with E-state index >= 15 is 0 Å². The number of likely N-dealkylation sites (N-methyl/N-ethyl adjacent to an activating group) is 1. The predicted molar refractivity (Wildman–Crippen MR) is 104 cm³/mol. The van der Waals surface area contributed by atoms with Crippen LogP contribution in [0.25, 0.3) is 0 Å². The van der Waals surface area contributed by atoms with Crippen LogP contribution in [0.3, 0.4) is 0 Å². The van der Waals surface area contributed by atoms with Crippen molar-refractivity contribution in [2.45, 2.75) is 11.8 Å². The fraction of sp³-hybridized carbons (Fsp3) is 0.235. The van der Waals surface area contributed by atoms with Crippen molar-refractivity contribution in [3.8, 4) is 5.75 Å². The summed E-state index contributed by atoms with van der Waals surface area (Å²) < 4.78 is 31.8. The molecule has 0 heterocycles. The molecule has 0 fully saturated rings. The van der Waals surface area contributed by atoms with E-state index in [2.05, 4.69) is 5.32 Å². The number of rotatable bonds is 8. The van der Waals surface area contributed by atoms with E-state index in [0.717, 1.165) is 4.31 Å². The van der Waals surface area contributed by atoms with Crippen LogP contribution in [0, 0.1) is 10.1 Å².